The van der Waals surface area contributed by atoms with Crippen molar-refractivity contribution in [3.63, 3.8) is 0 Å². The lowest BCUT2D eigenvalue weighted by atomic mass is 10.0. The van der Waals surface area contributed by atoms with E-state index in [1.807, 2.05) is 19.2 Å². The molecular formula is C13H20ClN3O. The van der Waals surface area contributed by atoms with Crippen molar-refractivity contribution in [1.29, 1.82) is 0 Å². The normalized spacial score (nSPS) is 20.9. The number of aliphatic hydroxyl groups is 1. The van der Waals surface area contributed by atoms with Crippen LogP contribution in [0.3, 0.4) is 0 Å². The monoisotopic (exact) mass is 269 g/mol. The molecule has 1 saturated heterocycles. The van der Waals surface area contributed by atoms with Crippen LogP contribution in [0.4, 0.5) is 5.82 Å². The largest absolute Gasteiger partial charge is 0.395 e. The third-order valence-corrected chi connectivity index (χ3v) is 3.83. The van der Waals surface area contributed by atoms with Crippen molar-refractivity contribution in [1.82, 2.24) is 9.88 Å². The highest BCUT2D eigenvalue weighted by Crippen LogP contribution is 2.23. The zero-order chi connectivity index (χ0) is 13.0. The van der Waals surface area contributed by atoms with Crippen LogP contribution in [0, 0.1) is 0 Å². The number of nitrogens with one attached hydrogen (secondary N) is 1. The highest BCUT2D eigenvalue weighted by atomic mass is 35.5. The Morgan fingerprint density at radius 2 is 2.33 bits per heavy atom. The van der Waals surface area contributed by atoms with Gasteiger partial charge in [-0.1, -0.05) is 18.0 Å². The van der Waals surface area contributed by atoms with Crippen molar-refractivity contribution in [3.05, 3.63) is 22.8 Å². The number of anilines is 1. The van der Waals surface area contributed by atoms with E-state index in [1.54, 1.807) is 0 Å². The lowest BCUT2D eigenvalue weighted by Gasteiger charge is -2.34. The molecule has 1 unspecified atom stereocenters. The van der Waals surface area contributed by atoms with Crippen molar-refractivity contribution in [2.24, 2.45) is 0 Å². The number of hydrogen-bond donors (Lipinski definition) is 2. The molecule has 0 radical (unpaired) electrons. The molecule has 1 aliphatic rings. The predicted molar refractivity (Wildman–Crippen MR) is 73.9 cm³/mol. The summed E-state index contributed by atoms with van der Waals surface area (Å²) in [6.07, 6.45) is 3.43. The Morgan fingerprint density at radius 1 is 1.50 bits per heavy atom. The van der Waals surface area contributed by atoms with Gasteiger partial charge in [-0.15, -0.1) is 0 Å². The van der Waals surface area contributed by atoms with Crippen molar-refractivity contribution >= 4 is 17.4 Å². The van der Waals surface area contributed by atoms with Gasteiger partial charge in [0.25, 0.3) is 0 Å². The first-order chi connectivity index (χ1) is 8.74. The first-order valence-electron chi connectivity index (χ1n) is 6.42. The summed E-state index contributed by atoms with van der Waals surface area (Å²) in [6, 6.07) is 3.98. The molecule has 1 fully saturated rings. The summed E-state index contributed by atoms with van der Waals surface area (Å²) in [4.78, 5) is 6.76. The number of nitrogens with zero attached hydrogens (tertiary/aromatic N) is 2. The summed E-state index contributed by atoms with van der Waals surface area (Å²) in [5.74, 6) is 0.826. The van der Waals surface area contributed by atoms with Gasteiger partial charge in [0.05, 0.1) is 17.3 Å². The van der Waals surface area contributed by atoms with Crippen LogP contribution in [0.1, 0.15) is 25.0 Å². The van der Waals surface area contributed by atoms with Gasteiger partial charge in [0.2, 0.25) is 0 Å². The van der Waals surface area contributed by atoms with E-state index in [-0.39, 0.29) is 12.6 Å². The van der Waals surface area contributed by atoms with Gasteiger partial charge in [-0.2, -0.15) is 0 Å². The Morgan fingerprint density at radius 3 is 3.06 bits per heavy atom. The Balaban J connectivity index is 2.11. The fraction of sp³-hybridized carbons (Fsp3) is 0.615. The molecular weight excluding hydrogens is 250 g/mol. The Labute approximate surface area is 113 Å². The van der Waals surface area contributed by atoms with Gasteiger partial charge < -0.3 is 10.4 Å². The summed E-state index contributed by atoms with van der Waals surface area (Å²) in [7, 11) is 1.84. The van der Waals surface area contributed by atoms with E-state index in [9.17, 15) is 5.11 Å². The number of likely N-dealkylation sites (tertiary alicyclic amines) is 1. The van der Waals surface area contributed by atoms with Crippen LogP contribution in [-0.4, -0.2) is 41.2 Å². The molecule has 0 saturated carbocycles. The molecule has 2 N–H and O–H groups in total. The van der Waals surface area contributed by atoms with Gasteiger partial charge in [0.1, 0.15) is 5.82 Å². The van der Waals surface area contributed by atoms with Crippen LogP contribution in [0.5, 0.6) is 0 Å². The maximum absolute atomic E-state index is 9.40. The molecule has 0 bridgehead atoms. The average Bonchev–Trinajstić information content (AvgIpc) is 2.42. The van der Waals surface area contributed by atoms with E-state index in [0.717, 1.165) is 24.5 Å². The maximum Gasteiger partial charge on any atom is 0.126 e. The summed E-state index contributed by atoms with van der Waals surface area (Å²) in [5.41, 5.74) is 0.879. The Kier molecular flexibility index (Phi) is 4.80. The van der Waals surface area contributed by atoms with E-state index in [4.69, 9.17) is 11.6 Å². The predicted octanol–water partition coefficient (Wildman–Crippen LogP) is 2.12. The minimum absolute atomic E-state index is 0.212. The van der Waals surface area contributed by atoms with E-state index in [1.165, 1.54) is 12.8 Å². The van der Waals surface area contributed by atoms with Crippen LogP contribution in [0.25, 0.3) is 0 Å². The van der Waals surface area contributed by atoms with Crippen molar-refractivity contribution in [2.45, 2.75) is 31.8 Å². The summed E-state index contributed by atoms with van der Waals surface area (Å²) in [5, 5.41) is 13.1. The first kappa shape index (κ1) is 13.6. The number of halogens is 1. The standard InChI is InChI=1S/C13H20ClN3O/c1-15-13-6-5-11(14)12(16-13)8-17-7-3-2-4-10(17)9-18/h5-6,10,18H,2-4,7-9H2,1H3,(H,15,16). The smallest absolute Gasteiger partial charge is 0.126 e. The molecule has 4 nitrogen and oxygen atoms in total. The highest BCUT2D eigenvalue weighted by molar-refractivity contribution is 6.31. The van der Waals surface area contributed by atoms with Crippen molar-refractivity contribution in [2.75, 3.05) is 25.5 Å². The second kappa shape index (κ2) is 6.36. The number of aromatic nitrogens is 1. The Hall–Kier alpha value is -0.840. The lowest BCUT2D eigenvalue weighted by Crippen LogP contribution is -2.41. The number of aliphatic hydroxyl groups excluding tert-OH is 1. The molecule has 0 amide bonds. The summed E-state index contributed by atoms with van der Waals surface area (Å²) >= 11 is 6.18. The van der Waals surface area contributed by atoms with Gasteiger partial charge in [0.15, 0.2) is 0 Å². The first-order valence-corrected chi connectivity index (χ1v) is 6.80. The SMILES string of the molecule is CNc1ccc(Cl)c(CN2CCCCC2CO)n1. The third kappa shape index (κ3) is 3.13. The topological polar surface area (TPSA) is 48.4 Å². The molecule has 100 valence electrons. The van der Waals surface area contributed by atoms with E-state index >= 15 is 0 Å². The summed E-state index contributed by atoms with van der Waals surface area (Å²) < 4.78 is 0. The molecule has 5 heteroatoms. The van der Waals surface area contributed by atoms with Crippen molar-refractivity contribution < 1.29 is 5.11 Å². The van der Waals surface area contributed by atoms with E-state index in [0.29, 0.717) is 11.6 Å². The molecule has 0 aromatic carbocycles. The minimum atomic E-state index is 0.212. The summed E-state index contributed by atoms with van der Waals surface area (Å²) in [6.45, 7) is 1.93. The van der Waals surface area contributed by atoms with Crippen molar-refractivity contribution in [3.8, 4) is 0 Å². The highest BCUT2D eigenvalue weighted by Gasteiger charge is 2.22. The second-order valence-corrected chi connectivity index (χ2v) is 5.08. The molecule has 0 spiro atoms. The van der Waals surface area contributed by atoms with Crippen LogP contribution in [-0.2, 0) is 6.54 Å². The molecule has 1 atom stereocenters. The van der Waals surface area contributed by atoms with Gasteiger partial charge >= 0.3 is 0 Å². The van der Waals surface area contributed by atoms with Crippen LogP contribution in [0.2, 0.25) is 5.02 Å². The minimum Gasteiger partial charge on any atom is -0.395 e. The maximum atomic E-state index is 9.40. The zero-order valence-electron chi connectivity index (χ0n) is 10.7. The fourth-order valence-electron chi connectivity index (χ4n) is 2.40. The molecule has 2 heterocycles. The van der Waals surface area contributed by atoms with E-state index in [2.05, 4.69) is 15.2 Å². The van der Waals surface area contributed by atoms with E-state index < -0.39 is 0 Å². The second-order valence-electron chi connectivity index (χ2n) is 4.68. The molecule has 2 rings (SSSR count). The van der Waals surface area contributed by atoms with Gasteiger partial charge in [-0.25, -0.2) is 4.98 Å². The third-order valence-electron chi connectivity index (χ3n) is 3.49. The molecule has 1 aliphatic heterocycles. The number of piperidine rings is 1. The van der Waals surface area contributed by atoms with Crippen LogP contribution >= 0.6 is 11.6 Å². The average molecular weight is 270 g/mol. The van der Waals surface area contributed by atoms with Crippen LogP contribution in [0.15, 0.2) is 12.1 Å². The number of hydrogen-bond acceptors (Lipinski definition) is 4. The van der Waals surface area contributed by atoms with Gasteiger partial charge in [0, 0.05) is 19.6 Å². The zero-order valence-corrected chi connectivity index (χ0v) is 11.5. The lowest BCUT2D eigenvalue weighted by molar-refractivity contribution is 0.0831. The fourth-order valence-corrected chi connectivity index (χ4v) is 2.57. The van der Waals surface area contributed by atoms with Gasteiger partial charge in [-0.05, 0) is 31.5 Å². The van der Waals surface area contributed by atoms with Crippen LogP contribution < -0.4 is 5.32 Å². The molecule has 1 aromatic rings. The Bertz CT molecular complexity index is 400. The number of rotatable bonds is 4. The van der Waals surface area contributed by atoms with Gasteiger partial charge in [-0.3, -0.25) is 4.90 Å². The molecule has 0 aliphatic carbocycles. The number of pyridine rings is 1. The molecule has 1 aromatic heterocycles. The quantitative estimate of drug-likeness (QED) is 0.879. The molecule has 18 heavy (non-hydrogen) atoms.